The van der Waals surface area contributed by atoms with Crippen LogP contribution >= 0.6 is 0 Å². The van der Waals surface area contributed by atoms with E-state index in [0.29, 0.717) is 13.0 Å². The Kier molecular flexibility index (Phi) is 5.22. The molecule has 6 heteroatoms. The molecule has 6 nitrogen and oxygen atoms in total. The highest BCUT2D eigenvalue weighted by atomic mass is 16.2. The summed E-state index contributed by atoms with van der Waals surface area (Å²) in [7, 11) is 2.05. The van der Waals surface area contributed by atoms with Crippen molar-refractivity contribution < 1.29 is 4.79 Å². The summed E-state index contributed by atoms with van der Waals surface area (Å²) in [6, 6.07) is 13.6. The molecule has 5 N–H and O–H groups in total. The van der Waals surface area contributed by atoms with Crippen LogP contribution in [0.25, 0.3) is 32.8 Å². The van der Waals surface area contributed by atoms with E-state index < -0.39 is 6.04 Å². The van der Waals surface area contributed by atoms with Crippen molar-refractivity contribution in [2.75, 3.05) is 11.9 Å². The number of hydrogen-bond donors (Lipinski definition) is 3. The van der Waals surface area contributed by atoms with E-state index in [-0.39, 0.29) is 5.91 Å². The molecule has 4 rings (SSSR count). The number of benzene rings is 2. The first-order chi connectivity index (χ1) is 14.0. The van der Waals surface area contributed by atoms with Crippen LogP contribution in [0.5, 0.6) is 0 Å². The van der Waals surface area contributed by atoms with Gasteiger partial charge in [0.05, 0.1) is 17.1 Å². The van der Waals surface area contributed by atoms with Gasteiger partial charge in [-0.2, -0.15) is 0 Å². The fourth-order valence-electron chi connectivity index (χ4n) is 4.02. The number of nitrogens with two attached hydrogens (primary N) is 2. The number of rotatable bonds is 6. The van der Waals surface area contributed by atoms with Crippen LogP contribution in [0.2, 0.25) is 0 Å². The van der Waals surface area contributed by atoms with Gasteiger partial charge in [0.1, 0.15) is 5.65 Å². The van der Waals surface area contributed by atoms with E-state index in [2.05, 4.69) is 28.9 Å². The van der Waals surface area contributed by atoms with Crippen LogP contribution in [-0.4, -0.2) is 28.0 Å². The van der Waals surface area contributed by atoms with Gasteiger partial charge in [0.25, 0.3) is 0 Å². The Hall–Kier alpha value is -2.96. The highest BCUT2D eigenvalue weighted by Gasteiger charge is 2.16. The third-order valence-electron chi connectivity index (χ3n) is 5.65. The normalized spacial score (nSPS) is 12.7. The van der Waals surface area contributed by atoms with Gasteiger partial charge in [0, 0.05) is 28.9 Å². The summed E-state index contributed by atoms with van der Waals surface area (Å²) < 4.78 is 2.13. The Balaban J connectivity index is 1.72. The third kappa shape index (κ3) is 3.45. The molecule has 150 valence electrons. The van der Waals surface area contributed by atoms with Crippen LogP contribution in [0.1, 0.15) is 24.8 Å². The molecule has 0 aliphatic rings. The average molecular weight is 390 g/mol. The van der Waals surface area contributed by atoms with Crippen molar-refractivity contribution in [1.29, 1.82) is 0 Å². The number of para-hydroxylation sites is 1. The molecular formula is C23H27N5O. The first kappa shape index (κ1) is 19.4. The number of pyridine rings is 1. The van der Waals surface area contributed by atoms with Crippen LogP contribution in [0.15, 0.2) is 42.5 Å². The number of fused-ring (bicyclic) bond motifs is 4. The molecule has 2 aromatic carbocycles. The van der Waals surface area contributed by atoms with E-state index in [9.17, 15) is 4.79 Å². The van der Waals surface area contributed by atoms with Crippen LogP contribution in [-0.2, 0) is 11.8 Å². The monoisotopic (exact) mass is 389 g/mol. The summed E-state index contributed by atoms with van der Waals surface area (Å²) in [5, 5.41) is 6.32. The first-order valence-electron chi connectivity index (χ1n) is 10.0. The molecule has 1 atom stereocenters. The van der Waals surface area contributed by atoms with Gasteiger partial charge >= 0.3 is 0 Å². The fourth-order valence-corrected chi connectivity index (χ4v) is 4.02. The van der Waals surface area contributed by atoms with E-state index in [0.717, 1.165) is 51.5 Å². The molecule has 1 amide bonds. The maximum absolute atomic E-state index is 12.4. The molecule has 0 bridgehead atoms. The minimum absolute atomic E-state index is 0.168. The quantitative estimate of drug-likeness (QED) is 0.439. The second-order valence-corrected chi connectivity index (χ2v) is 7.62. The van der Waals surface area contributed by atoms with Crippen molar-refractivity contribution in [2.24, 2.45) is 18.5 Å². The number of nitrogens with one attached hydrogen (secondary N) is 1. The standard InChI is InChI=1S/C23H27N5O/c1-14-17-13-15(26-23(29)18(25)8-5-6-12-24)10-11-19(17)27-22-21(14)16-7-3-4-9-20(16)28(22)2/h3-4,7,9-11,13,18H,5-6,8,12,24-25H2,1-2H3,(H,26,29)/t18-/m0/s1. The molecule has 0 unspecified atom stereocenters. The molecule has 29 heavy (non-hydrogen) atoms. The van der Waals surface area contributed by atoms with Crippen molar-refractivity contribution in [3.8, 4) is 0 Å². The van der Waals surface area contributed by atoms with Gasteiger partial charge < -0.3 is 21.4 Å². The third-order valence-corrected chi connectivity index (χ3v) is 5.65. The fraction of sp³-hybridized carbons (Fsp3) is 0.304. The van der Waals surface area contributed by atoms with Crippen molar-refractivity contribution in [2.45, 2.75) is 32.2 Å². The zero-order chi connectivity index (χ0) is 20.5. The number of carbonyl (C=O) groups excluding carboxylic acids is 1. The van der Waals surface area contributed by atoms with Gasteiger partial charge in [-0.25, -0.2) is 4.98 Å². The number of hydrogen-bond acceptors (Lipinski definition) is 4. The predicted molar refractivity (Wildman–Crippen MR) is 120 cm³/mol. The van der Waals surface area contributed by atoms with Gasteiger partial charge in [0.15, 0.2) is 0 Å². The lowest BCUT2D eigenvalue weighted by atomic mass is 10.0. The molecule has 0 radical (unpaired) electrons. The first-order valence-corrected chi connectivity index (χ1v) is 10.0. The van der Waals surface area contributed by atoms with E-state index in [1.807, 2.05) is 37.4 Å². The molecular weight excluding hydrogens is 362 g/mol. The molecule has 2 heterocycles. The number of anilines is 1. The summed E-state index contributed by atoms with van der Waals surface area (Å²) >= 11 is 0. The number of amides is 1. The predicted octanol–water partition coefficient (Wildman–Crippen LogP) is 3.58. The topological polar surface area (TPSA) is 99.0 Å². The Morgan fingerprint density at radius 1 is 1.17 bits per heavy atom. The summed E-state index contributed by atoms with van der Waals surface area (Å²) in [6.45, 7) is 2.73. The molecule has 0 aliphatic heterocycles. The Morgan fingerprint density at radius 3 is 2.76 bits per heavy atom. The summed E-state index contributed by atoms with van der Waals surface area (Å²) in [5.41, 5.74) is 16.5. The lowest BCUT2D eigenvalue weighted by Crippen LogP contribution is -2.35. The maximum Gasteiger partial charge on any atom is 0.241 e. The second-order valence-electron chi connectivity index (χ2n) is 7.62. The minimum atomic E-state index is -0.531. The molecule has 2 aromatic heterocycles. The van der Waals surface area contributed by atoms with Crippen LogP contribution < -0.4 is 16.8 Å². The van der Waals surface area contributed by atoms with E-state index in [1.54, 1.807) is 0 Å². The van der Waals surface area contributed by atoms with Gasteiger partial charge in [-0.05, 0) is 56.1 Å². The van der Waals surface area contributed by atoms with Crippen molar-refractivity contribution in [3.63, 3.8) is 0 Å². The number of unbranched alkanes of at least 4 members (excludes halogenated alkanes) is 1. The Bertz CT molecular complexity index is 1210. The molecule has 0 saturated heterocycles. The number of aryl methyl sites for hydroxylation is 2. The Labute approximate surface area is 169 Å². The Morgan fingerprint density at radius 2 is 1.97 bits per heavy atom. The highest BCUT2D eigenvalue weighted by molar-refractivity contribution is 6.13. The molecule has 0 aliphatic carbocycles. The van der Waals surface area contributed by atoms with E-state index in [1.165, 1.54) is 5.39 Å². The molecule has 0 saturated carbocycles. The van der Waals surface area contributed by atoms with Crippen molar-refractivity contribution in [1.82, 2.24) is 9.55 Å². The van der Waals surface area contributed by atoms with Crippen molar-refractivity contribution in [3.05, 3.63) is 48.0 Å². The number of nitrogens with zero attached hydrogens (tertiary/aromatic N) is 2. The van der Waals surface area contributed by atoms with Gasteiger partial charge in [-0.3, -0.25) is 4.79 Å². The zero-order valence-electron chi connectivity index (χ0n) is 16.9. The SMILES string of the molecule is Cc1c2cc(NC(=O)[C@@H](N)CCCCN)ccc2nc2c1c1ccccc1n2C. The average Bonchev–Trinajstić information content (AvgIpc) is 3.01. The van der Waals surface area contributed by atoms with Crippen LogP contribution in [0, 0.1) is 6.92 Å². The molecule has 4 aromatic rings. The summed E-state index contributed by atoms with van der Waals surface area (Å²) in [5.74, 6) is -0.168. The minimum Gasteiger partial charge on any atom is -0.330 e. The zero-order valence-corrected chi connectivity index (χ0v) is 16.9. The van der Waals surface area contributed by atoms with Gasteiger partial charge in [-0.1, -0.05) is 24.6 Å². The largest absolute Gasteiger partial charge is 0.330 e. The smallest absolute Gasteiger partial charge is 0.241 e. The lowest BCUT2D eigenvalue weighted by molar-refractivity contribution is -0.117. The van der Waals surface area contributed by atoms with Crippen LogP contribution in [0.3, 0.4) is 0 Å². The lowest BCUT2D eigenvalue weighted by Gasteiger charge is -2.13. The van der Waals surface area contributed by atoms with E-state index >= 15 is 0 Å². The van der Waals surface area contributed by atoms with Crippen molar-refractivity contribution >= 4 is 44.4 Å². The van der Waals surface area contributed by atoms with Crippen LogP contribution in [0.4, 0.5) is 5.69 Å². The number of aromatic nitrogens is 2. The molecule has 0 fully saturated rings. The van der Waals surface area contributed by atoms with Gasteiger partial charge in [0.2, 0.25) is 5.91 Å². The molecule has 0 spiro atoms. The van der Waals surface area contributed by atoms with Gasteiger partial charge in [-0.15, -0.1) is 0 Å². The highest BCUT2D eigenvalue weighted by Crippen LogP contribution is 2.34. The number of carbonyl (C=O) groups is 1. The maximum atomic E-state index is 12.4. The summed E-state index contributed by atoms with van der Waals surface area (Å²) in [6.07, 6.45) is 2.36. The summed E-state index contributed by atoms with van der Waals surface area (Å²) in [4.78, 5) is 17.3. The van der Waals surface area contributed by atoms with E-state index in [4.69, 9.17) is 16.5 Å². The second kappa shape index (κ2) is 7.81.